The number of amides is 2. The lowest BCUT2D eigenvalue weighted by molar-refractivity contribution is -0.136. The topological polar surface area (TPSA) is 79.8 Å². The lowest BCUT2D eigenvalue weighted by atomic mass is 10.0. The second-order valence-corrected chi connectivity index (χ2v) is 6.97. The molecule has 148 valence electrons. The van der Waals surface area contributed by atoms with Crippen LogP contribution >= 0.6 is 11.6 Å². The first-order chi connectivity index (χ1) is 13.9. The van der Waals surface area contributed by atoms with Crippen LogP contribution in [0.25, 0.3) is 10.8 Å². The van der Waals surface area contributed by atoms with Crippen LogP contribution in [0.2, 0.25) is 5.02 Å². The average molecular weight is 410 g/mol. The van der Waals surface area contributed by atoms with Crippen LogP contribution in [0.5, 0.6) is 5.75 Å². The van der Waals surface area contributed by atoms with Gasteiger partial charge in [0, 0.05) is 16.3 Å². The molecule has 7 heteroatoms. The lowest BCUT2D eigenvalue weighted by Crippen LogP contribution is -2.32. The van der Waals surface area contributed by atoms with Crippen molar-refractivity contribution in [2.24, 2.45) is 5.10 Å². The zero-order valence-corrected chi connectivity index (χ0v) is 16.7. The van der Waals surface area contributed by atoms with E-state index in [-0.39, 0.29) is 6.10 Å². The molecule has 0 spiro atoms. The first-order valence-corrected chi connectivity index (χ1v) is 9.40. The number of carbonyl (C=O) groups excluding carboxylic acids is 2. The molecule has 29 heavy (non-hydrogen) atoms. The van der Waals surface area contributed by atoms with E-state index in [0.29, 0.717) is 22.0 Å². The van der Waals surface area contributed by atoms with Gasteiger partial charge in [-0.3, -0.25) is 9.59 Å². The molecule has 6 nitrogen and oxygen atoms in total. The number of carbonyl (C=O) groups is 2. The SMILES string of the molecule is CC(C)Oc1ccc2ccccc2c1/C=N\NC(=O)C(=O)Nc1cccc(Cl)c1. The Kier molecular flexibility index (Phi) is 6.46. The van der Waals surface area contributed by atoms with Crippen molar-refractivity contribution >= 4 is 46.1 Å². The van der Waals surface area contributed by atoms with Crippen LogP contribution in [0.1, 0.15) is 19.4 Å². The van der Waals surface area contributed by atoms with E-state index < -0.39 is 11.8 Å². The third-order valence-corrected chi connectivity index (χ3v) is 4.18. The molecule has 3 rings (SSSR count). The van der Waals surface area contributed by atoms with Crippen molar-refractivity contribution in [1.82, 2.24) is 5.43 Å². The minimum Gasteiger partial charge on any atom is -0.490 e. The van der Waals surface area contributed by atoms with Gasteiger partial charge in [0.1, 0.15) is 5.75 Å². The molecule has 2 amide bonds. The highest BCUT2D eigenvalue weighted by molar-refractivity contribution is 6.39. The van der Waals surface area contributed by atoms with Gasteiger partial charge in [0.25, 0.3) is 0 Å². The van der Waals surface area contributed by atoms with Gasteiger partial charge in [0.2, 0.25) is 0 Å². The maximum absolute atomic E-state index is 12.0. The molecule has 0 aliphatic carbocycles. The summed E-state index contributed by atoms with van der Waals surface area (Å²) < 4.78 is 5.85. The van der Waals surface area contributed by atoms with Gasteiger partial charge < -0.3 is 10.1 Å². The van der Waals surface area contributed by atoms with Gasteiger partial charge in [-0.15, -0.1) is 0 Å². The maximum atomic E-state index is 12.0. The van der Waals surface area contributed by atoms with Gasteiger partial charge >= 0.3 is 11.8 Å². The summed E-state index contributed by atoms with van der Waals surface area (Å²) in [4.78, 5) is 24.1. The number of nitrogens with one attached hydrogen (secondary N) is 2. The summed E-state index contributed by atoms with van der Waals surface area (Å²) in [5.41, 5.74) is 3.38. The fraction of sp³-hybridized carbons (Fsp3) is 0.136. The van der Waals surface area contributed by atoms with Gasteiger partial charge in [0.05, 0.1) is 12.3 Å². The van der Waals surface area contributed by atoms with Crippen molar-refractivity contribution in [2.75, 3.05) is 5.32 Å². The molecule has 0 saturated carbocycles. The third kappa shape index (κ3) is 5.33. The van der Waals surface area contributed by atoms with Gasteiger partial charge in [-0.1, -0.05) is 48.0 Å². The highest BCUT2D eigenvalue weighted by Gasteiger charge is 2.14. The fourth-order valence-corrected chi connectivity index (χ4v) is 2.92. The fourth-order valence-electron chi connectivity index (χ4n) is 2.73. The van der Waals surface area contributed by atoms with E-state index in [1.807, 2.05) is 50.2 Å². The third-order valence-electron chi connectivity index (χ3n) is 3.94. The molecule has 0 fully saturated rings. The summed E-state index contributed by atoms with van der Waals surface area (Å²) in [6, 6.07) is 18.1. The van der Waals surface area contributed by atoms with Gasteiger partial charge in [-0.2, -0.15) is 5.10 Å². The molecule has 0 bridgehead atoms. The number of benzene rings is 3. The summed E-state index contributed by atoms with van der Waals surface area (Å²) in [5.74, 6) is -1.10. The molecule has 2 N–H and O–H groups in total. The van der Waals surface area contributed by atoms with Gasteiger partial charge in [-0.05, 0) is 48.9 Å². The summed E-state index contributed by atoms with van der Waals surface area (Å²) in [7, 11) is 0. The van der Waals surface area contributed by atoms with Crippen LogP contribution in [0, 0.1) is 0 Å². The van der Waals surface area contributed by atoms with E-state index in [9.17, 15) is 9.59 Å². The maximum Gasteiger partial charge on any atom is 0.329 e. The van der Waals surface area contributed by atoms with Crippen LogP contribution < -0.4 is 15.5 Å². The minimum atomic E-state index is -0.896. The van der Waals surface area contributed by atoms with Crippen LogP contribution in [-0.4, -0.2) is 24.1 Å². The molecule has 3 aromatic carbocycles. The van der Waals surface area contributed by atoms with Crippen molar-refractivity contribution in [2.45, 2.75) is 20.0 Å². The van der Waals surface area contributed by atoms with E-state index in [1.165, 1.54) is 6.21 Å². The molecule has 0 saturated heterocycles. The van der Waals surface area contributed by atoms with Crippen LogP contribution in [0.15, 0.2) is 65.8 Å². The Hall–Kier alpha value is -3.38. The normalized spacial score (nSPS) is 11.0. The number of hydrazone groups is 1. The molecule has 0 atom stereocenters. The molecule has 3 aromatic rings. The summed E-state index contributed by atoms with van der Waals surface area (Å²) in [5, 5.41) is 8.80. The molecule has 0 aliphatic rings. The number of halogens is 1. The lowest BCUT2D eigenvalue weighted by Gasteiger charge is -2.14. The number of fused-ring (bicyclic) bond motifs is 1. The van der Waals surface area contributed by atoms with E-state index in [2.05, 4.69) is 15.8 Å². The highest BCUT2D eigenvalue weighted by Crippen LogP contribution is 2.27. The predicted octanol–water partition coefficient (Wildman–Crippen LogP) is 4.37. The molecular formula is C22H20ClN3O3. The summed E-state index contributed by atoms with van der Waals surface area (Å²) in [6.45, 7) is 3.86. The first-order valence-electron chi connectivity index (χ1n) is 9.02. The zero-order chi connectivity index (χ0) is 20.8. The van der Waals surface area contributed by atoms with E-state index in [4.69, 9.17) is 16.3 Å². The largest absolute Gasteiger partial charge is 0.490 e. The van der Waals surface area contributed by atoms with Crippen molar-refractivity contribution in [3.05, 3.63) is 71.2 Å². The molecule has 0 heterocycles. The molecular weight excluding hydrogens is 390 g/mol. The van der Waals surface area contributed by atoms with Gasteiger partial charge in [0.15, 0.2) is 0 Å². The van der Waals surface area contributed by atoms with E-state index in [1.54, 1.807) is 24.3 Å². The Bertz CT molecular complexity index is 1080. The Morgan fingerprint density at radius 1 is 1.03 bits per heavy atom. The molecule has 0 unspecified atom stereocenters. The number of hydrogen-bond acceptors (Lipinski definition) is 4. The van der Waals surface area contributed by atoms with E-state index in [0.717, 1.165) is 10.8 Å². The summed E-state index contributed by atoms with van der Waals surface area (Å²) in [6.07, 6.45) is 1.45. The van der Waals surface area contributed by atoms with Crippen molar-refractivity contribution in [3.63, 3.8) is 0 Å². The monoisotopic (exact) mass is 409 g/mol. The quantitative estimate of drug-likeness (QED) is 0.373. The second-order valence-electron chi connectivity index (χ2n) is 6.53. The first kappa shape index (κ1) is 20.4. The van der Waals surface area contributed by atoms with Crippen LogP contribution in [0.4, 0.5) is 5.69 Å². The number of rotatable bonds is 5. The van der Waals surface area contributed by atoms with Crippen molar-refractivity contribution < 1.29 is 14.3 Å². The number of ether oxygens (including phenoxy) is 1. The highest BCUT2D eigenvalue weighted by atomic mass is 35.5. The second kappa shape index (κ2) is 9.21. The Morgan fingerprint density at radius 3 is 2.59 bits per heavy atom. The minimum absolute atomic E-state index is 0.0265. The molecule has 0 radical (unpaired) electrons. The molecule has 0 aliphatic heterocycles. The summed E-state index contributed by atoms with van der Waals surface area (Å²) >= 11 is 5.87. The standard InChI is InChI=1S/C22H20ClN3O3/c1-14(2)29-20-11-10-15-6-3-4-9-18(15)19(20)13-24-26-22(28)21(27)25-17-8-5-7-16(23)12-17/h3-14H,1-2H3,(H,25,27)(H,26,28)/b24-13-. The number of hydrogen-bond donors (Lipinski definition) is 2. The number of anilines is 1. The zero-order valence-electron chi connectivity index (χ0n) is 16.0. The predicted molar refractivity (Wildman–Crippen MR) is 116 cm³/mol. The van der Waals surface area contributed by atoms with Crippen LogP contribution in [0.3, 0.4) is 0 Å². The van der Waals surface area contributed by atoms with Crippen molar-refractivity contribution in [1.29, 1.82) is 0 Å². The van der Waals surface area contributed by atoms with E-state index >= 15 is 0 Å². The Morgan fingerprint density at radius 2 is 1.83 bits per heavy atom. The van der Waals surface area contributed by atoms with Gasteiger partial charge in [-0.25, -0.2) is 5.43 Å². The Labute approximate surface area is 173 Å². The van der Waals surface area contributed by atoms with Crippen molar-refractivity contribution in [3.8, 4) is 5.75 Å². The van der Waals surface area contributed by atoms with Crippen LogP contribution in [-0.2, 0) is 9.59 Å². The Balaban J connectivity index is 1.76. The smallest absolute Gasteiger partial charge is 0.329 e. The average Bonchev–Trinajstić information content (AvgIpc) is 2.68. The molecule has 0 aromatic heterocycles. The number of nitrogens with zero attached hydrogens (tertiary/aromatic N) is 1.